The van der Waals surface area contributed by atoms with E-state index in [0.29, 0.717) is 10.6 Å². The Kier molecular flexibility index (Phi) is 3.86. The normalized spacial score (nSPS) is 15.4. The Balaban J connectivity index is 2.02. The Morgan fingerprint density at radius 1 is 1.23 bits per heavy atom. The van der Waals surface area contributed by atoms with Gasteiger partial charge in [0, 0.05) is 5.02 Å². The number of nitrogens with zero attached hydrogens (tertiary/aromatic N) is 7. The van der Waals surface area contributed by atoms with Crippen LogP contribution >= 0.6 is 11.6 Å². The fourth-order valence-corrected chi connectivity index (χ4v) is 2.43. The molecule has 0 aliphatic rings. The lowest BCUT2D eigenvalue weighted by Crippen LogP contribution is -2.40. The third-order valence-electron chi connectivity index (χ3n) is 3.62. The summed E-state index contributed by atoms with van der Waals surface area (Å²) < 4.78 is 1.56. The molecule has 2 aromatic heterocycles. The lowest BCUT2D eigenvalue weighted by molar-refractivity contribution is -0.0390. The smallest absolute Gasteiger partial charge is 0.162 e. The molecule has 22 heavy (non-hydrogen) atoms. The molecule has 3 rings (SSSR count). The highest BCUT2D eigenvalue weighted by molar-refractivity contribution is 6.30. The van der Waals surface area contributed by atoms with Gasteiger partial charge in [-0.2, -0.15) is 9.90 Å². The van der Waals surface area contributed by atoms with Crippen molar-refractivity contribution in [3.05, 3.63) is 53.8 Å². The molecule has 0 saturated heterocycles. The van der Waals surface area contributed by atoms with Crippen LogP contribution in [0.25, 0.3) is 0 Å². The number of aliphatic hydroxyl groups is 1. The van der Waals surface area contributed by atoms with Crippen molar-refractivity contribution in [1.29, 1.82) is 0 Å². The molecule has 0 aliphatic carbocycles. The maximum absolute atomic E-state index is 11.3. The number of halogens is 1. The molecule has 0 amide bonds. The Hall–Kier alpha value is -2.32. The van der Waals surface area contributed by atoms with Crippen molar-refractivity contribution < 1.29 is 5.11 Å². The molecule has 0 aliphatic heterocycles. The van der Waals surface area contributed by atoms with E-state index in [0.717, 1.165) is 0 Å². The number of rotatable bonds is 5. The van der Waals surface area contributed by atoms with Gasteiger partial charge in [0.1, 0.15) is 24.3 Å². The van der Waals surface area contributed by atoms with Gasteiger partial charge in [0.15, 0.2) is 6.33 Å². The average molecular weight is 320 g/mol. The van der Waals surface area contributed by atoms with E-state index in [9.17, 15) is 5.11 Å². The lowest BCUT2D eigenvalue weighted by atomic mass is 9.87. The molecule has 0 fully saturated rings. The summed E-state index contributed by atoms with van der Waals surface area (Å²) in [4.78, 5) is 5.27. The van der Waals surface area contributed by atoms with Gasteiger partial charge in [0.05, 0.1) is 6.54 Å². The first-order valence-electron chi connectivity index (χ1n) is 6.63. The van der Waals surface area contributed by atoms with Gasteiger partial charge in [-0.1, -0.05) is 23.7 Å². The van der Waals surface area contributed by atoms with Crippen LogP contribution in [0.5, 0.6) is 0 Å². The van der Waals surface area contributed by atoms with E-state index in [1.165, 1.54) is 17.5 Å². The van der Waals surface area contributed by atoms with Crippen molar-refractivity contribution in [2.45, 2.75) is 25.1 Å². The lowest BCUT2D eigenvalue weighted by Gasteiger charge is -2.33. The topological polar surface area (TPSA) is 94.5 Å². The molecule has 2 atom stereocenters. The Morgan fingerprint density at radius 2 is 2.00 bits per heavy atom. The molecule has 0 spiro atoms. The van der Waals surface area contributed by atoms with Gasteiger partial charge in [0.2, 0.25) is 0 Å². The van der Waals surface area contributed by atoms with E-state index in [4.69, 9.17) is 11.6 Å². The summed E-state index contributed by atoms with van der Waals surface area (Å²) in [6.45, 7) is 2.00. The molecule has 3 aromatic rings. The molecule has 1 aromatic carbocycles. The van der Waals surface area contributed by atoms with Crippen LogP contribution < -0.4 is 0 Å². The number of hydrogen-bond donors (Lipinski definition) is 1. The van der Waals surface area contributed by atoms with Gasteiger partial charge in [0.25, 0.3) is 0 Å². The number of benzene rings is 1. The Morgan fingerprint density at radius 3 is 2.59 bits per heavy atom. The van der Waals surface area contributed by atoms with Crippen LogP contribution in [0.1, 0.15) is 18.5 Å². The fourth-order valence-electron chi connectivity index (χ4n) is 2.31. The highest BCUT2D eigenvalue weighted by Gasteiger charge is 2.39. The van der Waals surface area contributed by atoms with E-state index in [2.05, 4.69) is 25.5 Å². The largest absolute Gasteiger partial charge is 0.381 e. The third kappa shape index (κ3) is 2.70. The molecular formula is C13H14ClN7O. The van der Waals surface area contributed by atoms with Crippen LogP contribution in [0.4, 0.5) is 0 Å². The molecule has 8 nitrogen and oxygen atoms in total. The molecular weight excluding hydrogens is 306 g/mol. The molecule has 0 bridgehead atoms. The molecule has 0 unspecified atom stereocenters. The summed E-state index contributed by atoms with van der Waals surface area (Å²) in [6.07, 6.45) is 4.29. The van der Waals surface area contributed by atoms with Crippen molar-refractivity contribution in [2.24, 2.45) is 0 Å². The SMILES string of the molecule is C[C@@H](n1ncnn1)[C@](O)(Cn1cncn1)c1ccc(Cl)cc1. The highest BCUT2D eigenvalue weighted by atomic mass is 35.5. The molecule has 0 radical (unpaired) electrons. The summed E-state index contributed by atoms with van der Waals surface area (Å²) in [5.74, 6) is 0. The summed E-state index contributed by atoms with van der Waals surface area (Å²) in [7, 11) is 0. The van der Waals surface area contributed by atoms with Gasteiger partial charge >= 0.3 is 0 Å². The van der Waals surface area contributed by atoms with Crippen LogP contribution in [-0.2, 0) is 12.1 Å². The quantitative estimate of drug-likeness (QED) is 0.756. The van der Waals surface area contributed by atoms with E-state index in [1.54, 1.807) is 35.3 Å². The predicted octanol–water partition coefficient (Wildman–Crippen LogP) is 1.07. The number of tetrazole rings is 1. The first kappa shape index (κ1) is 14.6. The molecule has 114 valence electrons. The van der Waals surface area contributed by atoms with Gasteiger partial charge in [-0.3, -0.25) is 0 Å². The Labute approximate surface area is 131 Å². The average Bonchev–Trinajstić information content (AvgIpc) is 3.20. The minimum Gasteiger partial charge on any atom is -0.381 e. The maximum Gasteiger partial charge on any atom is 0.162 e. The standard InChI is InChI=1S/C13H14ClN7O/c1-10(21-18-8-16-19-21)13(22,6-20-9-15-7-17-20)11-2-4-12(14)5-3-11/h2-5,7-10,22H,6H2,1H3/t10-,13-/m1/s1. The van der Waals surface area contributed by atoms with E-state index in [-0.39, 0.29) is 6.54 Å². The summed E-state index contributed by atoms with van der Waals surface area (Å²) >= 11 is 5.93. The van der Waals surface area contributed by atoms with Crippen molar-refractivity contribution in [1.82, 2.24) is 35.0 Å². The monoisotopic (exact) mass is 319 g/mol. The summed E-state index contributed by atoms with van der Waals surface area (Å²) in [5, 5.41) is 27.6. The van der Waals surface area contributed by atoms with Crippen molar-refractivity contribution in [2.75, 3.05) is 0 Å². The second-order valence-corrected chi connectivity index (χ2v) is 5.39. The van der Waals surface area contributed by atoms with Crippen LogP contribution in [0, 0.1) is 0 Å². The summed E-state index contributed by atoms with van der Waals surface area (Å²) in [5.41, 5.74) is -0.629. The zero-order valence-corrected chi connectivity index (χ0v) is 12.5. The molecule has 1 N–H and O–H groups in total. The minimum atomic E-state index is -1.31. The van der Waals surface area contributed by atoms with Crippen molar-refractivity contribution in [3.63, 3.8) is 0 Å². The van der Waals surface area contributed by atoms with Crippen molar-refractivity contribution in [3.8, 4) is 0 Å². The van der Waals surface area contributed by atoms with Gasteiger partial charge in [-0.15, -0.1) is 10.2 Å². The fraction of sp³-hybridized carbons (Fsp3) is 0.308. The van der Waals surface area contributed by atoms with E-state index < -0.39 is 11.6 Å². The second kappa shape index (κ2) is 5.82. The van der Waals surface area contributed by atoms with Gasteiger partial charge in [-0.05, 0) is 29.8 Å². The predicted molar refractivity (Wildman–Crippen MR) is 77.9 cm³/mol. The zero-order chi connectivity index (χ0) is 15.6. The summed E-state index contributed by atoms with van der Waals surface area (Å²) in [6, 6.07) is 6.52. The van der Waals surface area contributed by atoms with E-state index in [1.807, 2.05) is 6.92 Å². The van der Waals surface area contributed by atoms with Gasteiger partial charge < -0.3 is 5.11 Å². The maximum atomic E-state index is 11.3. The molecule has 0 saturated carbocycles. The molecule has 2 heterocycles. The zero-order valence-electron chi connectivity index (χ0n) is 11.8. The Bertz CT molecular complexity index is 713. The third-order valence-corrected chi connectivity index (χ3v) is 3.87. The van der Waals surface area contributed by atoms with Crippen molar-refractivity contribution >= 4 is 11.6 Å². The number of hydrogen-bond acceptors (Lipinski definition) is 6. The van der Waals surface area contributed by atoms with Crippen LogP contribution in [0.15, 0.2) is 43.2 Å². The minimum absolute atomic E-state index is 0.192. The number of aromatic nitrogens is 7. The van der Waals surface area contributed by atoms with Crippen LogP contribution in [0.2, 0.25) is 5.02 Å². The first-order chi connectivity index (χ1) is 10.6. The van der Waals surface area contributed by atoms with E-state index >= 15 is 0 Å². The second-order valence-electron chi connectivity index (χ2n) is 4.96. The highest BCUT2D eigenvalue weighted by Crippen LogP contribution is 2.34. The van der Waals surface area contributed by atoms with Gasteiger partial charge in [-0.25, -0.2) is 9.67 Å². The van der Waals surface area contributed by atoms with Crippen LogP contribution in [0.3, 0.4) is 0 Å². The first-order valence-corrected chi connectivity index (χ1v) is 7.01. The van der Waals surface area contributed by atoms with Crippen LogP contribution in [-0.4, -0.2) is 40.1 Å². The molecule has 9 heteroatoms.